The van der Waals surface area contributed by atoms with Crippen LogP contribution in [0.3, 0.4) is 0 Å². The van der Waals surface area contributed by atoms with Crippen molar-refractivity contribution in [3.63, 3.8) is 0 Å². The summed E-state index contributed by atoms with van der Waals surface area (Å²) in [7, 11) is 0. The first-order valence-electron chi connectivity index (χ1n) is 5.20. The summed E-state index contributed by atoms with van der Waals surface area (Å²) in [5.41, 5.74) is 0. The Bertz CT molecular complexity index is 106. The van der Waals surface area contributed by atoms with Gasteiger partial charge in [-0.15, -0.1) is 0 Å². The highest BCUT2D eigenvalue weighted by atomic mass is 16.3. The molecule has 12 heavy (non-hydrogen) atoms. The molecule has 0 radical (unpaired) electrons. The third-order valence-electron chi connectivity index (χ3n) is 2.80. The Morgan fingerprint density at radius 1 is 1.25 bits per heavy atom. The molecule has 0 spiro atoms. The van der Waals surface area contributed by atoms with Crippen LogP contribution >= 0.6 is 0 Å². The van der Waals surface area contributed by atoms with Gasteiger partial charge in [0.05, 0.1) is 0 Å². The number of hydrogen-bond donors (Lipinski definition) is 1. The lowest BCUT2D eigenvalue weighted by atomic mass is 10.0. The number of aliphatic hydroxyl groups is 1. The molecule has 0 amide bonds. The molecule has 1 atom stereocenters. The molecule has 1 N–H and O–H groups in total. The largest absolute Gasteiger partial charge is 0.396 e. The summed E-state index contributed by atoms with van der Waals surface area (Å²) in [5.74, 6) is 0.503. The van der Waals surface area contributed by atoms with Crippen molar-refractivity contribution >= 4 is 0 Å². The van der Waals surface area contributed by atoms with E-state index in [9.17, 15) is 0 Å². The van der Waals surface area contributed by atoms with Gasteiger partial charge < -0.3 is 10.0 Å². The average molecular weight is 171 g/mol. The van der Waals surface area contributed by atoms with E-state index in [1.54, 1.807) is 0 Å². The number of hydrogen-bond acceptors (Lipinski definition) is 2. The van der Waals surface area contributed by atoms with Crippen molar-refractivity contribution < 1.29 is 5.11 Å². The summed E-state index contributed by atoms with van der Waals surface area (Å²) in [6, 6.07) is 0. The van der Waals surface area contributed by atoms with Gasteiger partial charge in [-0.3, -0.25) is 0 Å². The molecule has 1 aliphatic rings. The maximum absolute atomic E-state index is 9.03. The Labute approximate surface area is 75.6 Å². The van der Waals surface area contributed by atoms with Gasteiger partial charge in [0.25, 0.3) is 0 Å². The van der Waals surface area contributed by atoms with Crippen LogP contribution in [0.5, 0.6) is 0 Å². The summed E-state index contributed by atoms with van der Waals surface area (Å²) in [4.78, 5) is 2.49. The Hall–Kier alpha value is -0.0800. The molecular formula is C10H21NO. The number of likely N-dealkylation sites (tertiary alicyclic amines) is 1. The minimum Gasteiger partial charge on any atom is -0.396 e. The predicted octanol–water partition coefficient (Wildman–Crippen LogP) is 1.49. The van der Waals surface area contributed by atoms with Crippen molar-refractivity contribution in [2.24, 2.45) is 5.92 Å². The highest BCUT2D eigenvalue weighted by Gasteiger charge is 2.13. The molecule has 0 bridgehead atoms. The fraction of sp³-hybridized carbons (Fsp3) is 1.00. The molecule has 0 saturated carbocycles. The van der Waals surface area contributed by atoms with Crippen molar-refractivity contribution in [2.75, 3.05) is 26.2 Å². The average Bonchev–Trinajstić information content (AvgIpc) is 2.16. The monoisotopic (exact) mass is 171 g/mol. The number of nitrogens with zero attached hydrogens (tertiary/aromatic N) is 1. The van der Waals surface area contributed by atoms with E-state index in [1.807, 2.05) is 0 Å². The van der Waals surface area contributed by atoms with E-state index in [0.29, 0.717) is 12.5 Å². The maximum atomic E-state index is 9.03. The lowest BCUT2D eigenvalue weighted by molar-refractivity contribution is 0.144. The molecule has 1 fully saturated rings. The van der Waals surface area contributed by atoms with Crippen molar-refractivity contribution in [1.82, 2.24) is 4.90 Å². The van der Waals surface area contributed by atoms with Crippen LogP contribution in [0.1, 0.15) is 32.6 Å². The number of rotatable bonds is 4. The van der Waals surface area contributed by atoms with E-state index >= 15 is 0 Å². The highest BCUT2D eigenvalue weighted by Crippen LogP contribution is 2.12. The summed E-state index contributed by atoms with van der Waals surface area (Å²) in [6.45, 7) is 6.11. The Balaban J connectivity index is 2.18. The lowest BCUT2D eigenvalue weighted by Crippen LogP contribution is -2.35. The van der Waals surface area contributed by atoms with Crippen LogP contribution in [0.25, 0.3) is 0 Å². The van der Waals surface area contributed by atoms with Crippen molar-refractivity contribution in [3.05, 3.63) is 0 Å². The molecule has 2 heteroatoms. The minimum atomic E-state index is 0.354. The fourth-order valence-corrected chi connectivity index (χ4v) is 1.82. The van der Waals surface area contributed by atoms with E-state index in [4.69, 9.17) is 5.11 Å². The van der Waals surface area contributed by atoms with Crippen LogP contribution < -0.4 is 0 Å². The van der Waals surface area contributed by atoms with Gasteiger partial charge in [-0.1, -0.05) is 13.3 Å². The highest BCUT2D eigenvalue weighted by molar-refractivity contribution is 4.68. The van der Waals surface area contributed by atoms with Crippen molar-refractivity contribution in [2.45, 2.75) is 32.6 Å². The third-order valence-corrected chi connectivity index (χ3v) is 2.80. The maximum Gasteiger partial charge on any atom is 0.0471 e. The van der Waals surface area contributed by atoms with Crippen molar-refractivity contribution in [1.29, 1.82) is 0 Å². The first kappa shape index (κ1) is 10.0. The molecule has 0 aromatic carbocycles. The van der Waals surface area contributed by atoms with Gasteiger partial charge in [-0.05, 0) is 38.3 Å². The van der Waals surface area contributed by atoms with Crippen LogP contribution in [0.4, 0.5) is 0 Å². The topological polar surface area (TPSA) is 23.5 Å². The molecule has 1 unspecified atom stereocenters. The normalized spacial score (nSPS) is 22.5. The fourth-order valence-electron chi connectivity index (χ4n) is 1.82. The summed E-state index contributed by atoms with van der Waals surface area (Å²) < 4.78 is 0. The van der Waals surface area contributed by atoms with E-state index in [-0.39, 0.29) is 0 Å². The van der Waals surface area contributed by atoms with Gasteiger partial charge >= 0.3 is 0 Å². The van der Waals surface area contributed by atoms with Gasteiger partial charge in [-0.25, -0.2) is 0 Å². The summed E-state index contributed by atoms with van der Waals surface area (Å²) >= 11 is 0. The van der Waals surface area contributed by atoms with Crippen LogP contribution in [-0.2, 0) is 0 Å². The Kier molecular flexibility index (Phi) is 4.62. The van der Waals surface area contributed by atoms with E-state index in [0.717, 1.165) is 13.0 Å². The summed E-state index contributed by atoms with van der Waals surface area (Å²) in [6.07, 6.45) is 5.20. The zero-order chi connectivity index (χ0) is 8.81. The number of aliphatic hydroxyl groups excluding tert-OH is 1. The zero-order valence-corrected chi connectivity index (χ0v) is 8.13. The first-order valence-corrected chi connectivity index (χ1v) is 5.20. The number of piperidine rings is 1. The molecule has 2 nitrogen and oxygen atoms in total. The quantitative estimate of drug-likeness (QED) is 0.692. The second-order valence-electron chi connectivity index (χ2n) is 3.82. The van der Waals surface area contributed by atoms with Crippen LogP contribution in [0, 0.1) is 5.92 Å². The van der Waals surface area contributed by atoms with Gasteiger partial charge in [0.15, 0.2) is 0 Å². The van der Waals surface area contributed by atoms with Crippen LogP contribution in [0.15, 0.2) is 0 Å². The van der Waals surface area contributed by atoms with E-state index in [1.165, 1.54) is 32.4 Å². The first-order chi connectivity index (χ1) is 5.86. The Morgan fingerprint density at radius 2 is 1.92 bits per heavy atom. The predicted molar refractivity (Wildman–Crippen MR) is 51.2 cm³/mol. The molecule has 0 aromatic heterocycles. The summed E-state index contributed by atoms with van der Waals surface area (Å²) in [5, 5.41) is 9.03. The standard InChI is InChI=1S/C10H21NO/c1-2-10(9-12)8-11-6-4-3-5-7-11/h10,12H,2-9H2,1H3. The molecule has 0 aliphatic carbocycles. The molecular weight excluding hydrogens is 150 g/mol. The van der Waals surface area contributed by atoms with Gasteiger partial charge in [0.2, 0.25) is 0 Å². The van der Waals surface area contributed by atoms with Crippen LogP contribution in [0.2, 0.25) is 0 Å². The smallest absolute Gasteiger partial charge is 0.0471 e. The molecule has 0 aromatic rings. The zero-order valence-electron chi connectivity index (χ0n) is 8.13. The van der Waals surface area contributed by atoms with Gasteiger partial charge in [0.1, 0.15) is 0 Å². The molecule has 72 valence electrons. The molecule has 1 aliphatic heterocycles. The molecule has 1 saturated heterocycles. The Morgan fingerprint density at radius 3 is 2.42 bits per heavy atom. The van der Waals surface area contributed by atoms with E-state index in [2.05, 4.69) is 11.8 Å². The van der Waals surface area contributed by atoms with Gasteiger partial charge in [0, 0.05) is 13.2 Å². The lowest BCUT2D eigenvalue weighted by Gasteiger charge is -2.29. The van der Waals surface area contributed by atoms with Crippen LogP contribution in [-0.4, -0.2) is 36.2 Å². The van der Waals surface area contributed by atoms with Crippen molar-refractivity contribution in [3.8, 4) is 0 Å². The second kappa shape index (κ2) is 5.55. The third kappa shape index (κ3) is 3.11. The van der Waals surface area contributed by atoms with Gasteiger partial charge in [-0.2, -0.15) is 0 Å². The molecule has 1 heterocycles. The molecule has 1 rings (SSSR count). The second-order valence-corrected chi connectivity index (χ2v) is 3.82. The minimum absolute atomic E-state index is 0.354. The SMILES string of the molecule is CCC(CO)CN1CCCCC1. The van der Waals surface area contributed by atoms with E-state index < -0.39 is 0 Å².